The van der Waals surface area contributed by atoms with Gasteiger partial charge in [0.2, 0.25) is 0 Å². The van der Waals surface area contributed by atoms with Crippen molar-refractivity contribution in [2.24, 2.45) is 0 Å². The minimum Gasteiger partial charge on any atom is -0.493 e. The number of benzene rings is 2. The van der Waals surface area contributed by atoms with E-state index in [1.165, 1.54) is 18.3 Å². The zero-order valence-electron chi connectivity index (χ0n) is 19.0. The number of nitrogens with one attached hydrogen (secondary N) is 1. The summed E-state index contributed by atoms with van der Waals surface area (Å²) in [4.78, 5) is 18.1. The Hall–Kier alpha value is -3.42. The van der Waals surface area contributed by atoms with Crippen LogP contribution in [-0.4, -0.2) is 27.1 Å². The monoisotopic (exact) mass is 510 g/mol. The molecule has 178 valence electrons. The van der Waals surface area contributed by atoms with Crippen LogP contribution in [0.5, 0.6) is 5.75 Å². The fourth-order valence-electron chi connectivity index (χ4n) is 4.46. The second-order valence-corrected chi connectivity index (χ2v) is 9.37. The number of imidazole rings is 1. The maximum absolute atomic E-state index is 13.9. The molecular formula is C26H21Cl2FN4O2. The highest BCUT2D eigenvalue weighted by Crippen LogP contribution is 2.35. The molecule has 0 bridgehead atoms. The molecule has 0 saturated carbocycles. The van der Waals surface area contributed by atoms with E-state index < -0.39 is 6.04 Å². The summed E-state index contributed by atoms with van der Waals surface area (Å²) in [5.74, 6) is -0.181. The predicted molar refractivity (Wildman–Crippen MR) is 135 cm³/mol. The quantitative estimate of drug-likeness (QED) is 0.343. The summed E-state index contributed by atoms with van der Waals surface area (Å²) >= 11 is 12.4. The van der Waals surface area contributed by atoms with E-state index >= 15 is 0 Å². The van der Waals surface area contributed by atoms with Crippen LogP contribution in [0.3, 0.4) is 0 Å². The van der Waals surface area contributed by atoms with Crippen LogP contribution in [0.15, 0.2) is 49.2 Å². The first-order chi connectivity index (χ1) is 16.7. The Morgan fingerprint density at radius 2 is 1.97 bits per heavy atom. The Bertz CT molecular complexity index is 1500. The molecule has 4 aromatic rings. The van der Waals surface area contributed by atoms with E-state index in [9.17, 15) is 9.18 Å². The molecule has 0 aliphatic carbocycles. The fourth-order valence-corrected chi connectivity index (χ4v) is 4.98. The Labute approximate surface area is 211 Å². The molecule has 0 saturated heterocycles. The first-order valence-corrected chi connectivity index (χ1v) is 11.7. The van der Waals surface area contributed by atoms with Crippen LogP contribution in [-0.2, 0) is 0 Å². The highest BCUT2D eigenvalue weighted by molar-refractivity contribution is 6.35. The van der Waals surface area contributed by atoms with E-state index in [4.69, 9.17) is 32.9 Å². The van der Waals surface area contributed by atoms with Gasteiger partial charge < -0.3 is 10.1 Å². The smallest absolute Gasteiger partial charge is 0.254 e. The van der Waals surface area contributed by atoms with E-state index in [1.807, 2.05) is 13.8 Å². The minimum atomic E-state index is -0.401. The molecule has 1 N–H and O–H groups in total. The van der Waals surface area contributed by atoms with Gasteiger partial charge in [-0.1, -0.05) is 29.8 Å². The molecule has 9 heteroatoms. The summed E-state index contributed by atoms with van der Waals surface area (Å²) in [6.45, 7) is 8.16. The van der Waals surface area contributed by atoms with Gasteiger partial charge in [-0.25, -0.2) is 13.9 Å². The summed E-state index contributed by atoms with van der Waals surface area (Å²) in [6.07, 6.45) is 2.01. The van der Waals surface area contributed by atoms with Crippen molar-refractivity contribution in [1.29, 1.82) is 0 Å². The summed E-state index contributed by atoms with van der Waals surface area (Å²) in [6, 6.07) is 9.13. The molecule has 1 aliphatic heterocycles. The molecule has 1 atom stereocenters. The van der Waals surface area contributed by atoms with Gasteiger partial charge >= 0.3 is 0 Å². The van der Waals surface area contributed by atoms with Crippen LogP contribution in [0.1, 0.15) is 46.6 Å². The van der Waals surface area contributed by atoms with Crippen molar-refractivity contribution in [2.45, 2.75) is 26.3 Å². The zero-order valence-corrected chi connectivity index (χ0v) is 20.5. The lowest BCUT2D eigenvalue weighted by atomic mass is 9.99. The average Bonchev–Trinajstić information content (AvgIpc) is 3.13. The van der Waals surface area contributed by atoms with Gasteiger partial charge in [0.25, 0.3) is 5.91 Å². The number of carbonyl (C=O) groups is 1. The lowest BCUT2D eigenvalue weighted by molar-refractivity contribution is 0.0924. The molecule has 1 aliphatic rings. The van der Waals surface area contributed by atoms with E-state index in [0.29, 0.717) is 68.1 Å². The largest absolute Gasteiger partial charge is 0.493 e. The molecule has 1 amide bonds. The van der Waals surface area contributed by atoms with Gasteiger partial charge in [-0.2, -0.15) is 5.10 Å². The number of hydrogen-bond donors (Lipinski definition) is 1. The van der Waals surface area contributed by atoms with E-state index in [1.54, 1.807) is 28.8 Å². The normalized spacial score (nSPS) is 14.9. The molecule has 5 rings (SSSR count). The van der Waals surface area contributed by atoms with Crippen molar-refractivity contribution < 1.29 is 13.9 Å². The molecular weight excluding hydrogens is 490 g/mol. The molecule has 0 unspecified atom stereocenters. The Morgan fingerprint density at radius 1 is 1.23 bits per heavy atom. The van der Waals surface area contributed by atoms with Crippen molar-refractivity contribution in [1.82, 2.24) is 19.9 Å². The van der Waals surface area contributed by atoms with Crippen molar-refractivity contribution in [3.63, 3.8) is 0 Å². The summed E-state index contributed by atoms with van der Waals surface area (Å²) in [5, 5.41) is 8.53. The highest BCUT2D eigenvalue weighted by atomic mass is 35.5. The number of amides is 1. The lowest BCUT2D eigenvalue weighted by Crippen LogP contribution is -2.33. The van der Waals surface area contributed by atoms with Gasteiger partial charge in [-0.3, -0.25) is 4.79 Å². The van der Waals surface area contributed by atoms with E-state index in [0.717, 1.165) is 5.56 Å². The number of ether oxygens (including phenoxy) is 1. The Balaban J connectivity index is 1.58. The maximum Gasteiger partial charge on any atom is 0.254 e. The van der Waals surface area contributed by atoms with Crippen LogP contribution in [0, 0.1) is 12.7 Å². The number of rotatable bonds is 4. The van der Waals surface area contributed by atoms with Gasteiger partial charge in [0, 0.05) is 33.2 Å². The van der Waals surface area contributed by atoms with Gasteiger partial charge in [0.05, 0.1) is 35.8 Å². The first kappa shape index (κ1) is 23.3. The van der Waals surface area contributed by atoms with Crippen molar-refractivity contribution in [3.05, 3.63) is 87.4 Å². The van der Waals surface area contributed by atoms with Crippen LogP contribution < -0.4 is 10.1 Å². The Morgan fingerprint density at radius 3 is 2.69 bits per heavy atom. The lowest BCUT2D eigenvalue weighted by Gasteiger charge is -2.27. The Kier molecular flexibility index (Phi) is 5.99. The minimum absolute atomic E-state index is 0.329. The van der Waals surface area contributed by atoms with Crippen molar-refractivity contribution >= 4 is 40.3 Å². The number of aryl methyl sites for hydroxylation is 1. The summed E-state index contributed by atoms with van der Waals surface area (Å²) in [7, 11) is 0. The van der Waals surface area contributed by atoms with Gasteiger partial charge in [-0.15, -0.1) is 0 Å². The highest BCUT2D eigenvalue weighted by Gasteiger charge is 2.27. The van der Waals surface area contributed by atoms with Crippen LogP contribution >= 0.6 is 23.2 Å². The number of halogens is 3. The van der Waals surface area contributed by atoms with Crippen LogP contribution in [0.2, 0.25) is 10.0 Å². The number of aromatic nitrogens is 3. The molecule has 6 nitrogen and oxygen atoms in total. The predicted octanol–water partition coefficient (Wildman–Crippen LogP) is 6.44. The fraction of sp³-hybridized carbons (Fsp3) is 0.192. The molecule has 0 radical (unpaired) electrons. The molecule has 0 spiro atoms. The average molecular weight is 511 g/mol. The zero-order chi connectivity index (χ0) is 24.9. The number of allylic oxidation sites excluding steroid dienone is 1. The molecule has 2 aromatic carbocycles. The van der Waals surface area contributed by atoms with Gasteiger partial charge in [0.15, 0.2) is 5.65 Å². The second kappa shape index (κ2) is 8.98. The van der Waals surface area contributed by atoms with Crippen LogP contribution in [0.25, 0.3) is 22.5 Å². The van der Waals surface area contributed by atoms with E-state index in [-0.39, 0.29) is 11.7 Å². The SMILES string of the molecule is C=C(C)c1c(C(=O)N[C@H]2CCOc3ccc(F)cc32)cnn2c(-c3cc(Cl)cc(Cl)c3)c(C)nc12. The second-order valence-electron chi connectivity index (χ2n) is 8.50. The third-order valence-electron chi connectivity index (χ3n) is 5.95. The molecule has 0 fully saturated rings. The molecule has 2 aromatic heterocycles. The molecule has 35 heavy (non-hydrogen) atoms. The third-order valence-corrected chi connectivity index (χ3v) is 6.38. The number of nitrogens with zero attached hydrogens (tertiary/aromatic N) is 3. The van der Waals surface area contributed by atoms with E-state index in [2.05, 4.69) is 17.0 Å². The first-order valence-electron chi connectivity index (χ1n) is 11.0. The van der Waals surface area contributed by atoms with Crippen molar-refractivity contribution in [2.75, 3.05) is 6.61 Å². The number of fused-ring (bicyclic) bond motifs is 2. The topological polar surface area (TPSA) is 68.5 Å². The molecule has 3 heterocycles. The maximum atomic E-state index is 13.9. The van der Waals surface area contributed by atoms with Gasteiger partial charge in [0.1, 0.15) is 11.6 Å². The van der Waals surface area contributed by atoms with Gasteiger partial charge in [-0.05, 0) is 55.8 Å². The van der Waals surface area contributed by atoms with Crippen molar-refractivity contribution in [3.8, 4) is 17.0 Å². The number of hydrogen-bond acceptors (Lipinski definition) is 4. The third kappa shape index (κ3) is 4.26. The summed E-state index contributed by atoms with van der Waals surface area (Å²) < 4.78 is 21.2. The summed E-state index contributed by atoms with van der Waals surface area (Å²) in [5.41, 5.74) is 4.82. The number of carbonyl (C=O) groups excluding carboxylic acids is 1. The van der Waals surface area contributed by atoms with Crippen LogP contribution in [0.4, 0.5) is 4.39 Å². The standard InChI is InChI=1S/C26H21Cl2FN4O2/c1-13(2)23-20(26(34)32-21-6-7-35-22-5-4-18(29)11-19(21)22)12-30-33-24(14(3)31-25(23)33)15-8-16(27)10-17(28)9-15/h4-5,8-12,21H,1,6-7H2,2-3H3,(H,32,34)/t21-/m0/s1.